The Labute approximate surface area is 124 Å². The molecule has 1 aliphatic rings. The topological polar surface area (TPSA) is 81.7 Å². The summed E-state index contributed by atoms with van der Waals surface area (Å²) in [6, 6.07) is 7.56. The number of carbonyl (C=O) groups excluding carboxylic acids is 1. The van der Waals surface area contributed by atoms with Crippen LogP contribution >= 0.6 is 0 Å². The molecule has 1 fully saturated rings. The van der Waals surface area contributed by atoms with Crippen molar-refractivity contribution < 1.29 is 14.7 Å². The maximum atomic E-state index is 11.5. The van der Waals surface area contributed by atoms with Gasteiger partial charge in [0.15, 0.2) is 0 Å². The second-order valence-corrected chi connectivity index (χ2v) is 5.15. The van der Waals surface area contributed by atoms with Gasteiger partial charge in [-0.2, -0.15) is 0 Å². The minimum atomic E-state index is -0.847. The molecule has 0 unspecified atom stereocenters. The number of nitrogens with one attached hydrogen (secondary N) is 2. The molecule has 0 aromatic heterocycles. The van der Waals surface area contributed by atoms with Crippen LogP contribution in [-0.2, 0) is 0 Å². The SMILES string of the molecule is CCNC(=O)Nc1cccc(C2CCN(C(=O)O)CC2)c1. The highest BCUT2D eigenvalue weighted by molar-refractivity contribution is 5.89. The minimum Gasteiger partial charge on any atom is -0.465 e. The Hall–Kier alpha value is -2.24. The zero-order valence-corrected chi connectivity index (χ0v) is 12.1. The third-order valence-corrected chi connectivity index (χ3v) is 3.72. The molecule has 0 spiro atoms. The first-order valence-electron chi connectivity index (χ1n) is 7.23. The number of amides is 3. The van der Waals surface area contributed by atoms with E-state index in [2.05, 4.69) is 10.6 Å². The van der Waals surface area contributed by atoms with Crippen molar-refractivity contribution in [2.45, 2.75) is 25.7 Å². The van der Waals surface area contributed by atoms with E-state index in [0.29, 0.717) is 25.6 Å². The molecule has 1 heterocycles. The Kier molecular flexibility index (Phi) is 5.03. The molecule has 0 saturated carbocycles. The van der Waals surface area contributed by atoms with Gasteiger partial charge in [0.25, 0.3) is 0 Å². The maximum absolute atomic E-state index is 11.5. The Balaban J connectivity index is 1.98. The summed E-state index contributed by atoms with van der Waals surface area (Å²) in [5.74, 6) is 0.344. The molecular formula is C15H21N3O3. The average Bonchev–Trinajstić information content (AvgIpc) is 2.48. The number of benzene rings is 1. The van der Waals surface area contributed by atoms with Gasteiger partial charge in [0.2, 0.25) is 0 Å². The molecule has 1 aliphatic heterocycles. The van der Waals surface area contributed by atoms with Crippen molar-refractivity contribution >= 4 is 17.8 Å². The number of carbonyl (C=O) groups is 2. The van der Waals surface area contributed by atoms with Crippen molar-refractivity contribution in [2.24, 2.45) is 0 Å². The van der Waals surface area contributed by atoms with Crippen molar-refractivity contribution in [3.8, 4) is 0 Å². The van der Waals surface area contributed by atoms with Gasteiger partial charge in [-0.3, -0.25) is 0 Å². The predicted octanol–water partition coefficient (Wildman–Crippen LogP) is 2.69. The third kappa shape index (κ3) is 4.11. The summed E-state index contributed by atoms with van der Waals surface area (Å²) in [4.78, 5) is 23.9. The van der Waals surface area contributed by atoms with Crippen LogP contribution in [0.3, 0.4) is 0 Å². The molecule has 21 heavy (non-hydrogen) atoms. The standard InChI is InChI=1S/C15H21N3O3/c1-2-16-14(19)17-13-5-3-4-12(10-13)11-6-8-18(9-7-11)15(20)21/h3-5,10-11H,2,6-9H2,1H3,(H,20,21)(H2,16,17,19). The van der Waals surface area contributed by atoms with E-state index in [1.807, 2.05) is 31.2 Å². The lowest BCUT2D eigenvalue weighted by Gasteiger charge is -2.30. The van der Waals surface area contributed by atoms with Gasteiger partial charge in [0.05, 0.1) is 0 Å². The van der Waals surface area contributed by atoms with Gasteiger partial charge >= 0.3 is 12.1 Å². The van der Waals surface area contributed by atoms with E-state index in [0.717, 1.165) is 24.1 Å². The zero-order chi connectivity index (χ0) is 15.2. The van der Waals surface area contributed by atoms with Crippen molar-refractivity contribution in [3.05, 3.63) is 29.8 Å². The molecule has 0 atom stereocenters. The molecule has 1 aromatic carbocycles. The first-order valence-corrected chi connectivity index (χ1v) is 7.23. The van der Waals surface area contributed by atoms with Crippen LogP contribution in [-0.4, -0.2) is 41.8 Å². The first kappa shape index (κ1) is 15.2. The highest BCUT2D eigenvalue weighted by atomic mass is 16.4. The molecule has 0 bridgehead atoms. The zero-order valence-electron chi connectivity index (χ0n) is 12.1. The van der Waals surface area contributed by atoms with E-state index < -0.39 is 6.09 Å². The van der Waals surface area contributed by atoms with Crippen molar-refractivity contribution in [2.75, 3.05) is 25.0 Å². The van der Waals surface area contributed by atoms with E-state index in [9.17, 15) is 9.59 Å². The van der Waals surface area contributed by atoms with Gasteiger partial charge in [-0.15, -0.1) is 0 Å². The van der Waals surface area contributed by atoms with Gasteiger partial charge in [0, 0.05) is 25.3 Å². The molecule has 2 rings (SSSR count). The highest BCUT2D eigenvalue weighted by Crippen LogP contribution is 2.29. The van der Waals surface area contributed by atoms with E-state index in [1.165, 1.54) is 4.90 Å². The molecule has 3 amide bonds. The number of urea groups is 1. The fraction of sp³-hybridized carbons (Fsp3) is 0.467. The Morgan fingerprint density at radius 2 is 2.05 bits per heavy atom. The van der Waals surface area contributed by atoms with Crippen LogP contribution in [0.1, 0.15) is 31.2 Å². The summed E-state index contributed by atoms with van der Waals surface area (Å²) in [6.45, 7) is 3.58. The third-order valence-electron chi connectivity index (χ3n) is 3.72. The normalized spacial score (nSPS) is 15.6. The van der Waals surface area contributed by atoms with Crippen LogP contribution in [0.2, 0.25) is 0 Å². The molecule has 114 valence electrons. The van der Waals surface area contributed by atoms with Crippen LogP contribution in [0.5, 0.6) is 0 Å². The summed E-state index contributed by atoms with van der Waals surface area (Å²) in [5, 5.41) is 14.4. The Morgan fingerprint density at radius 3 is 2.67 bits per heavy atom. The van der Waals surface area contributed by atoms with E-state index in [4.69, 9.17) is 5.11 Å². The molecule has 6 nitrogen and oxygen atoms in total. The fourth-order valence-corrected chi connectivity index (χ4v) is 2.61. The fourth-order valence-electron chi connectivity index (χ4n) is 2.61. The van der Waals surface area contributed by atoms with Crippen molar-refractivity contribution in [1.29, 1.82) is 0 Å². The second kappa shape index (κ2) is 6.97. The van der Waals surface area contributed by atoms with Gasteiger partial charge < -0.3 is 20.6 Å². The van der Waals surface area contributed by atoms with Crippen LogP contribution < -0.4 is 10.6 Å². The Morgan fingerprint density at radius 1 is 1.33 bits per heavy atom. The highest BCUT2D eigenvalue weighted by Gasteiger charge is 2.23. The number of piperidine rings is 1. The quantitative estimate of drug-likeness (QED) is 0.800. The molecule has 0 radical (unpaired) electrons. The summed E-state index contributed by atoms with van der Waals surface area (Å²) in [5.41, 5.74) is 1.91. The van der Waals surface area contributed by atoms with Gasteiger partial charge in [-0.1, -0.05) is 12.1 Å². The molecular weight excluding hydrogens is 270 g/mol. The van der Waals surface area contributed by atoms with Crippen LogP contribution in [0.15, 0.2) is 24.3 Å². The predicted molar refractivity (Wildman–Crippen MR) is 80.7 cm³/mol. The molecule has 1 saturated heterocycles. The largest absolute Gasteiger partial charge is 0.465 e. The van der Waals surface area contributed by atoms with Gasteiger partial charge in [-0.25, -0.2) is 9.59 Å². The average molecular weight is 291 g/mol. The summed E-state index contributed by atoms with van der Waals surface area (Å²) < 4.78 is 0. The number of carboxylic acid groups (broad SMARTS) is 1. The summed E-state index contributed by atoms with van der Waals surface area (Å²) >= 11 is 0. The lowest BCUT2D eigenvalue weighted by molar-refractivity contribution is 0.132. The van der Waals surface area contributed by atoms with Crippen LogP contribution in [0, 0.1) is 0 Å². The summed E-state index contributed by atoms with van der Waals surface area (Å²) in [7, 11) is 0. The maximum Gasteiger partial charge on any atom is 0.407 e. The number of nitrogens with zero attached hydrogens (tertiary/aromatic N) is 1. The number of hydrogen-bond acceptors (Lipinski definition) is 2. The minimum absolute atomic E-state index is 0.213. The molecule has 3 N–H and O–H groups in total. The number of rotatable bonds is 3. The lowest BCUT2D eigenvalue weighted by atomic mass is 9.89. The van der Waals surface area contributed by atoms with Crippen molar-refractivity contribution in [1.82, 2.24) is 10.2 Å². The monoisotopic (exact) mass is 291 g/mol. The molecule has 1 aromatic rings. The number of anilines is 1. The van der Waals surface area contributed by atoms with E-state index in [-0.39, 0.29) is 6.03 Å². The van der Waals surface area contributed by atoms with Gasteiger partial charge in [0.1, 0.15) is 0 Å². The molecule has 0 aliphatic carbocycles. The second-order valence-electron chi connectivity index (χ2n) is 5.15. The van der Waals surface area contributed by atoms with Crippen LogP contribution in [0.25, 0.3) is 0 Å². The van der Waals surface area contributed by atoms with Crippen molar-refractivity contribution in [3.63, 3.8) is 0 Å². The van der Waals surface area contributed by atoms with E-state index >= 15 is 0 Å². The summed E-state index contributed by atoms with van der Waals surface area (Å²) in [6.07, 6.45) is 0.786. The lowest BCUT2D eigenvalue weighted by Crippen LogP contribution is -2.36. The smallest absolute Gasteiger partial charge is 0.407 e. The van der Waals surface area contributed by atoms with Gasteiger partial charge in [-0.05, 0) is 43.4 Å². The first-order chi connectivity index (χ1) is 10.1. The molecule has 6 heteroatoms. The Bertz CT molecular complexity index is 511. The number of likely N-dealkylation sites (tertiary alicyclic amines) is 1. The van der Waals surface area contributed by atoms with Crippen LogP contribution in [0.4, 0.5) is 15.3 Å². The van der Waals surface area contributed by atoms with E-state index in [1.54, 1.807) is 0 Å². The number of hydrogen-bond donors (Lipinski definition) is 3.